The second kappa shape index (κ2) is 9.37. The predicted molar refractivity (Wildman–Crippen MR) is 127 cm³/mol. The second-order valence-electron chi connectivity index (χ2n) is 11.0. The summed E-state index contributed by atoms with van der Waals surface area (Å²) in [7, 11) is -1.87. The largest absolute Gasteiger partial charge is 0.459 e. The number of ether oxygens (including phenoxy) is 1. The zero-order chi connectivity index (χ0) is 22.7. The SMILES string of the molecule is C=C[C@@H]1[C@H](CO[Si](C)(C)C(C)(C)C)CC(C(=O)OC(C)(C)C)N1Cc1ccccc1. The molecule has 0 spiro atoms. The molecule has 1 aliphatic heterocycles. The lowest BCUT2D eigenvalue weighted by molar-refractivity contribution is -0.160. The number of likely N-dealkylation sites (tertiary alicyclic amines) is 1. The molecule has 0 radical (unpaired) electrons. The number of hydrogen-bond donors (Lipinski definition) is 0. The molecule has 4 nitrogen and oxygen atoms in total. The number of hydrogen-bond acceptors (Lipinski definition) is 4. The Labute approximate surface area is 184 Å². The van der Waals surface area contributed by atoms with Gasteiger partial charge >= 0.3 is 5.97 Å². The summed E-state index contributed by atoms with van der Waals surface area (Å²) < 4.78 is 12.3. The Hall–Kier alpha value is -1.43. The van der Waals surface area contributed by atoms with Crippen molar-refractivity contribution in [1.29, 1.82) is 0 Å². The van der Waals surface area contributed by atoms with Gasteiger partial charge in [0.15, 0.2) is 8.32 Å². The van der Waals surface area contributed by atoms with Gasteiger partial charge in [-0.3, -0.25) is 9.69 Å². The van der Waals surface area contributed by atoms with Crippen LogP contribution in [-0.2, 0) is 20.5 Å². The third kappa shape index (κ3) is 6.28. The highest BCUT2D eigenvalue weighted by atomic mass is 28.4. The minimum Gasteiger partial charge on any atom is -0.459 e. The Kier molecular flexibility index (Phi) is 7.76. The Morgan fingerprint density at radius 1 is 1.17 bits per heavy atom. The Balaban J connectivity index is 2.25. The van der Waals surface area contributed by atoms with Crippen molar-refractivity contribution < 1.29 is 14.0 Å². The van der Waals surface area contributed by atoms with Crippen molar-refractivity contribution in [1.82, 2.24) is 4.90 Å². The van der Waals surface area contributed by atoms with Gasteiger partial charge in [0.1, 0.15) is 11.6 Å². The highest BCUT2D eigenvalue weighted by Crippen LogP contribution is 2.39. The maximum absolute atomic E-state index is 13.1. The lowest BCUT2D eigenvalue weighted by Gasteiger charge is -2.37. The molecule has 2 rings (SSSR count). The molecule has 0 saturated carbocycles. The number of carbonyl (C=O) groups excluding carboxylic acids is 1. The predicted octanol–water partition coefficient (Wildman–Crippen LogP) is 5.80. The highest BCUT2D eigenvalue weighted by molar-refractivity contribution is 6.74. The topological polar surface area (TPSA) is 38.8 Å². The maximum atomic E-state index is 13.1. The van der Waals surface area contributed by atoms with Gasteiger partial charge in [0.05, 0.1) is 0 Å². The van der Waals surface area contributed by atoms with Crippen molar-refractivity contribution in [2.45, 2.75) is 90.3 Å². The second-order valence-corrected chi connectivity index (χ2v) is 15.8. The molecule has 168 valence electrons. The molecule has 1 aliphatic rings. The quantitative estimate of drug-likeness (QED) is 0.311. The zero-order valence-electron chi connectivity index (χ0n) is 20.2. The molecule has 1 aromatic carbocycles. The summed E-state index contributed by atoms with van der Waals surface area (Å²) in [6, 6.07) is 10.1. The van der Waals surface area contributed by atoms with Crippen LogP contribution in [0.15, 0.2) is 43.0 Å². The number of carbonyl (C=O) groups is 1. The molecule has 1 unspecified atom stereocenters. The Bertz CT molecular complexity index is 718. The van der Waals surface area contributed by atoms with Gasteiger partial charge in [-0.25, -0.2) is 0 Å². The van der Waals surface area contributed by atoms with Gasteiger partial charge < -0.3 is 9.16 Å². The summed E-state index contributed by atoms with van der Waals surface area (Å²) >= 11 is 0. The molecule has 5 heteroatoms. The molecule has 0 N–H and O–H groups in total. The fraction of sp³-hybridized carbons (Fsp3) is 0.640. The zero-order valence-corrected chi connectivity index (χ0v) is 21.2. The highest BCUT2D eigenvalue weighted by Gasteiger charge is 2.46. The van der Waals surface area contributed by atoms with E-state index in [1.54, 1.807) is 0 Å². The lowest BCUT2D eigenvalue weighted by Crippen LogP contribution is -2.44. The molecule has 0 aromatic heterocycles. The molecule has 0 aliphatic carbocycles. The van der Waals surface area contributed by atoms with E-state index in [1.165, 1.54) is 5.56 Å². The Morgan fingerprint density at radius 2 is 1.77 bits per heavy atom. The first-order chi connectivity index (χ1) is 13.7. The van der Waals surface area contributed by atoms with Crippen LogP contribution >= 0.6 is 0 Å². The van der Waals surface area contributed by atoms with Crippen LogP contribution in [0.2, 0.25) is 18.1 Å². The fourth-order valence-corrected chi connectivity index (χ4v) is 4.74. The van der Waals surface area contributed by atoms with Crippen LogP contribution in [0.3, 0.4) is 0 Å². The van der Waals surface area contributed by atoms with Crippen LogP contribution in [0, 0.1) is 5.92 Å². The molecule has 0 bridgehead atoms. The van der Waals surface area contributed by atoms with Crippen LogP contribution in [0.5, 0.6) is 0 Å². The molecule has 0 amide bonds. The van der Waals surface area contributed by atoms with E-state index in [0.717, 1.165) is 6.42 Å². The van der Waals surface area contributed by atoms with E-state index in [0.29, 0.717) is 13.2 Å². The first-order valence-corrected chi connectivity index (χ1v) is 13.9. The summed E-state index contributed by atoms with van der Waals surface area (Å²) in [5.41, 5.74) is 0.679. The third-order valence-corrected chi connectivity index (χ3v) is 10.9. The van der Waals surface area contributed by atoms with Gasteiger partial charge in [-0.2, -0.15) is 0 Å². The van der Waals surface area contributed by atoms with Crippen LogP contribution in [0.1, 0.15) is 53.5 Å². The van der Waals surface area contributed by atoms with Crippen molar-refractivity contribution in [3.63, 3.8) is 0 Å². The van der Waals surface area contributed by atoms with Crippen LogP contribution in [-0.4, -0.2) is 43.5 Å². The van der Waals surface area contributed by atoms with E-state index >= 15 is 0 Å². The van der Waals surface area contributed by atoms with E-state index < -0.39 is 13.9 Å². The van der Waals surface area contributed by atoms with Gasteiger partial charge in [-0.05, 0) is 50.9 Å². The van der Waals surface area contributed by atoms with Gasteiger partial charge in [0.2, 0.25) is 0 Å². The summed E-state index contributed by atoms with van der Waals surface area (Å²) in [6.07, 6.45) is 2.71. The number of benzene rings is 1. The van der Waals surface area contributed by atoms with Crippen molar-refractivity contribution in [2.24, 2.45) is 5.92 Å². The molecule has 30 heavy (non-hydrogen) atoms. The number of rotatable bonds is 7. The molecule has 3 atom stereocenters. The Morgan fingerprint density at radius 3 is 2.27 bits per heavy atom. The average Bonchev–Trinajstić information content (AvgIpc) is 2.96. The van der Waals surface area contributed by atoms with Crippen molar-refractivity contribution in [3.8, 4) is 0 Å². The van der Waals surface area contributed by atoms with Crippen molar-refractivity contribution >= 4 is 14.3 Å². The van der Waals surface area contributed by atoms with E-state index in [2.05, 4.69) is 57.5 Å². The molecule has 1 fully saturated rings. The smallest absolute Gasteiger partial charge is 0.323 e. The van der Waals surface area contributed by atoms with Gasteiger partial charge in [0, 0.05) is 25.1 Å². The molecule has 1 heterocycles. The fourth-order valence-electron chi connectivity index (χ4n) is 3.68. The minimum absolute atomic E-state index is 0.0764. The molecule has 1 aromatic rings. The van der Waals surface area contributed by atoms with Gasteiger partial charge in [-0.15, -0.1) is 6.58 Å². The maximum Gasteiger partial charge on any atom is 0.323 e. The van der Waals surface area contributed by atoms with Crippen molar-refractivity contribution in [3.05, 3.63) is 48.6 Å². The van der Waals surface area contributed by atoms with Gasteiger partial charge in [0.25, 0.3) is 0 Å². The van der Waals surface area contributed by atoms with E-state index in [4.69, 9.17) is 9.16 Å². The number of nitrogens with zero attached hydrogens (tertiary/aromatic N) is 1. The third-order valence-electron chi connectivity index (χ3n) is 6.39. The molecular formula is C25H41NO3Si. The normalized spacial score (nSPS) is 23.4. The first kappa shape index (κ1) is 24.8. The summed E-state index contributed by atoms with van der Waals surface area (Å²) in [6.45, 7) is 22.5. The minimum atomic E-state index is -1.87. The monoisotopic (exact) mass is 431 g/mol. The average molecular weight is 432 g/mol. The van der Waals surface area contributed by atoms with Crippen LogP contribution in [0.25, 0.3) is 0 Å². The van der Waals surface area contributed by atoms with E-state index in [-0.39, 0.29) is 29.0 Å². The molecule has 1 saturated heterocycles. The first-order valence-electron chi connectivity index (χ1n) is 11.0. The standard InChI is InChI=1S/C25H41NO3Si/c1-10-21-20(18-28-30(8,9)25(5,6)7)16-22(23(27)29-24(2,3)4)26(21)17-19-14-12-11-13-15-19/h10-15,20-22H,1,16-18H2,2-9H3/t20-,21+,22?/m0/s1. The summed E-state index contributed by atoms with van der Waals surface area (Å²) in [5.74, 6) is 0.0676. The van der Waals surface area contributed by atoms with Gasteiger partial charge in [-0.1, -0.05) is 57.2 Å². The van der Waals surface area contributed by atoms with E-state index in [9.17, 15) is 4.79 Å². The van der Waals surface area contributed by atoms with E-state index in [1.807, 2.05) is 45.0 Å². The number of esters is 1. The van der Waals surface area contributed by atoms with Crippen LogP contribution in [0.4, 0.5) is 0 Å². The van der Waals surface area contributed by atoms with Crippen LogP contribution < -0.4 is 0 Å². The summed E-state index contributed by atoms with van der Waals surface area (Å²) in [4.78, 5) is 15.3. The lowest BCUT2D eigenvalue weighted by atomic mass is 10.00. The molecular weight excluding hydrogens is 390 g/mol. The summed E-state index contributed by atoms with van der Waals surface area (Å²) in [5, 5.41) is 0.156. The van der Waals surface area contributed by atoms with Crippen molar-refractivity contribution in [2.75, 3.05) is 6.61 Å².